The largest absolute Gasteiger partial charge is 0.490 e. The molecule has 0 radical (unpaired) electrons. The highest BCUT2D eigenvalue weighted by Gasteiger charge is 2.22. The summed E-state index contributed by atoms with van der Waals surface area (Å²) in [6.45, 7) is 47.9. The third-order valence-electron chi connectivity index (χ3n) is 16.1. The standard InChI is InChI=1S/2C9H11N.C9H9N.C9H11N.C8H9NO2S.C8H9NO.C8H9NS.2C8H9N.9C2H6/c3*1-2-6-9-8(4-1)5-3-7-10-9;1-2-4-9-7-10-6-5-8(9)3-1;10-12(11)6-5-9-7-3-1-2-4-8(7)12;2*1-2-4-8-7(3-1)9-5-6-10-8;1-2-4-8-6-9-5-7(8)3-1;1-2-4-8-7(3-1)5-6-9-8;9*1-2/h2*1-2,4,6,10H,3,5,7H2;1-6,10H,7H2;1-4,10H,5-7H2;1-4,9H,5-6H2;2*1-4,9H,5-6H2;2*1-4,9H,5-6H2;9*1-2H3. The lowest BCUT2D eigenvalue weighted by Crippen LogP contribution is -2.23. The molecule has 0 saturated heterocycles. The lowest BCUT2D eigenvalue weighted by molar-refractivity contribution is 0.323. The second-order valence-corrected chi connectivity index (χ2v) is 25.6. The Morgan fingerprint density at radius 3 is 1.21 bits per heavy atom. The molecule has 9 aliphatic heterocycles. The average molecular weight is 1510 g/mol. The molecule has 0 aromatic heterocycles. The minimum atomic E-state index is -3.00. The maximum Gasteiger partial charge on any atom is 0.182 e. The summed E-state index contributed by atoms with van der Waals surface area (Å²) in [7, 11) is -3.00. The zero-order valence-electron chi connectivity index (χ0n) is 69.6. The van der Waals surface area contributed by atoms with Gasteiger partial charge < -0.3 is 52.6 Å². The molecule has 9 N–H and O–H groups in total. The Labute approximate surface area is 662 Å². The maximum atomic E-state index is 11.4. The average Bonchev–Trinajstić information content (AvgIpc) is 1.72. The van der Waals surface area contributed by atoms with E-state index in [-0.39, 0.29) is 5.75 Å². The molecule has 0 atom stereocenters. The Morgan fingerprint density at radius 1 is 0.315 bits per heavy atom. The predicted octanol–water partition coefficient (Wildman–Crippen LogP) is 24.3. The van der Waals surface area contributed by atoms with Crippen molar-refractivity contribution >= 4 is 67.5 Å². The quantitative estimate of drug-likeness (QED) is 0.0709. The van der Waals surface area contributed by atoms with E-state index in [0.717, 1.165) is 89.2 Å². The fraction of sp³-hybridized carbons (Fsp3) is 0.404. The van der Waals surface area contributed by atoms with Gasteiger partial charge in [0.2, 0.25) is 0 Å². The number of fused-ring (bicyclic) bond motifs is 9. The van der Waals surface area contributed by atoms with Gasteiger partial charge in [-0.15, -0.1) is 11.8 Å². The highest BCUT2D eigenvalue weighted by molar-refractivity contribution is 7.99. The van der Waals surface area contributed by atoms with Gasteiger partial charge in [0.15, 0.2) is 9.84 Å². The highest BCUT2D eigenvalue weighted by Crippen LogP contribution is 2.31. The summed E-state index contributed by atoms with van der Waals surface area (Å²) >= 11 is 1.93. The number of anilines is 7. The van der Waals surface area contributed by atoms with Gasteiger partial charge in [0.25, 0.3) is 0 Å². The molecular weight excluding hydrogens is 1370 g/mol. The number of aryl methyl sites for hydroxylation is 2. The van der Waals surface area contributed by atoms with E-state index < -0.39 is 9.84 Å². The lowest BCUT2D eigenvalue weighted by atomic mass is 10.0. The molecule has 9 aromatic carbocycles. The van der Waals surface area contributed by atoms with Crippen molar-refractivity contribution in [3.63, 3.8) is 0 Å². The molecule has 108 heavy (non-hydrogen) atoms. The van der Waals surface area contributed by atoms with E-state index >= 15 is 0 Å². The molecular formula is C94H141N9O3S2. The minimum absolute atomic E-state index is 0.198. The van der Waals surface area contributed by atoms with Gasteiger partial charge in [0.05, 0.1) is 22.0 Å². The topological polar surface area (TPSA) is 152 Å². The zero-order valence-corrected chi connectivity index (χ0v) is 71.3. The van der Waals surface area contributed by atoms with Gasteiger partial charge in [-0.2, -0.15) is 0 Å². The van der Waals surface area contributed by atoms with E-state index in [9.17, 15) is 8.42 Å². The Kier molecular flexibility index (Phi) is 58.0. The van der Waals surface area contributed by atoms with Crippen LogP contribution in [-0.2, 0) is 55.2 Å². The fourth-order valence-corrected chi connectivity index (χ4v) is 13.6. The second kappa shape index (κ2) is 64.3. The van der Waals surface area contributed by atoms with Crippen LogP contribution >= 0.6 is 11.8 Å². The first-order valence-corrected chi connectivity index (χ1v) is 43.5. The van der Waals surface area contributed by atoms with Gasteiger partial charge in [-0.1, -0.05) is 295 Å². The number of sulfone groups is 1. The van der Waals surface area contributed by atoms with E-state index in [0.29, 0.717) is 11.4 Å². The van der Waals surface area contributed by atoms with Crippen molar-refractivity contribution in [2.75, 3.05) is 108 Å². The molecule has 9 aliphatic rings. The van der Waals surface area contributed by atoms with E-state index in [4.69, 9.17) is 4.74 Å². The van der Waals surface area contributed by atoms with Crippen LogP contribution in [0, 0.1) is 0 Å². The van der Waals surface area contributed by atoms with Gasteiger partial charge in [-0.25, -0.2) is 8.42 Å². The van der Waals surface area contributed by atoms with Crippen LogP contribution in [0.1, 0.15) is 182 Å². The monoisotopic (exact) mass is 1510 g/mol. The lowest BCUT2D eigenvalue weighted by Gasteiger charge is -2.17. The van der Waals surface area contributed by atoms with E-state index in [1.54, 1.807) is 18.2 Å². The summed E-state index contributed by atoms with van der Waals surface area (Å²) in [4.78, 5) is 1.81. The van der Waals surface area contributed by atoms with E-state index in [1.807, 2.05) is 173 Å². The van der Waals surface area contributed by atoms with Crippen molar-refractivity contribution in [2.24, 2.45) is 0 Å². The van der Waals surface area contributed by atoms with E-state index in [2.05, 4.69) is 224 Å². The first kappa shape index (κ1) is 97.4. The second-order valence-electron chi connectivity index (χ2n) is 22.4. The van der Waals surface area contributed by atoms with Crippen LogP contribution in [0.15, 0.2) is 234 Å². The Hall–Kier alpha value is -8.66. The van der Waals surface area contributed by atoms with Crippen LogP contribution in [0.2, 0.25) is 0 Å². The van der Waals surface area contributed by atoms with Crippen molar-refractivity contribution < 1.29 is 13.2 Å². The molecule has 18 rings (SSSR count). The molecule has 14 heteroatoms. The summed E-state index contributed by atoms with van der Waals surface area (Å²) < 4.78 is 28.2. The Morgan fingerprint density at radius 2 is 0.704 bits per heavy atom. The molecule has 0 bridgehead atoms. The molecule has 9 aromatic rings. The minimum Gasteiger partial charge on any atom is -0.490 e. The van der Waals surface area contributed by atoms with Crippen LogP contribution in [0.3, 0.4) is 0 Å². The first-order valence-electron chi connectivity index (χ1n) is 40.9. The van der Waals surface area contributed by atoms with Crippen molar-refractivity contribution in [3.8, 4) is 5.75 Å². The summed E-state index contributed by atoms with van der Waals surface area (Å²) in [6, 6.07) is 74.4. The number of rotatable bonds is 0. The van der Waals surface area contributed by atoms with Crippen molar-refractivity contribution in [3.05, 3.63) is 269 Å². The number of nitrogens with one attached hydrogen (secondary N) is 9. The number of hydrogen-bond donors (Lipinski definition) is 9. The SMILES string of the molecule is C1=Cc2ccccc2NC1.CC.CC.CC.CC.CC.CC.CC.CC.CC.O=S1(=O)CCNc2ccccc21.c1ccc2c(c1)CCCN2.c1ccc2c(c1)CCCN2.c1ccc2c(c1)CCN2.c1ccc2c(c1)CCNC2.c1ccc2c(c1)CNC2.c1ccc2c(c1)NCCO2.c1ccc2c(c1)NCCS2. The molecule has 0 aliphatic carbocycles. The van der Waals surface area contributed by atoms with Gasteiger partial charge in [-0.05, 0) is 150 Å². The van der Waals surface area contributed by atoms with Crippen molar-refractivity contribution in [2.45, 2.75) is 193 Å². The van der Waals surface area contributed by atoms with Gasteiger partial charge in [0, 0.05) is 105 Å². The molecule has 0 amide bonds. The Bertz CT molecular complexity index is 3310. The van der Waals surface area contributed by atoms with Crippen molar-refractivity contribution in [1.82, 2.24) is 10.6 Å². The summed E-state index contributed by atoms with van der Waals surface area (Å²) in [5.74, 6) is 2.36. The Balaban J connectivity index is 0.000000592. The third kappa shape index (κ3) is 36.5. The number of para-hydroxylation sites is 8. The number of hydrogen-bond acceptors (Lipinski definition) is 13. The summed E-state index contributed by atoms with van der Waals surface area (Å²) in [5.41, 5.74) is 19.9. The van der Waals surface area contributed by atoms with Gasteiger partial charge in [-0.3, -0.25) is 0 Å². The van der Waals surface area contributed by atoms with Crippen LogP contribution in [0.4, 0.5) is 39.8 Å². The number of thioether (sulfide) groups is 1. The van der Waals surface area contributed by atoms with Crippen LogP contribution in [0.5, 0.6) is 5.75 Å². The van der Waals surface area contributed by atoms with Crippen LogP contribution in [0.25, 0.3) is 6.08 Å². The van der Waals surface area contributed by atoms with Gasteiger partial charge in [0.1, 0.15) is 12.4 Å². The number of ether oxygens (including phenoxy) is 1. The number of benzene rings is 9. The molecule has 9 heterocycles. The summed E-state index contributed by atoms with van der Waals surface area (Å²) in [5, 5.41) is 29.5. The molecule has 0 unspecified atom stereocenters. The van der Waals surface area contributed by atoms with Gasteiger partial charge >= 0.3 is 0 Å². The molecule has 0 saturated carbocycles. The van der Waals surface area contributed by atoms with Crippen molar-refractivity contribution in [1.29, 1.82) is 0 Å². The molecule has 0 fully saturated rings. The first-order chi connectivity index (χ1) is 53.4. The fourth-order valence-electron chi connectivity index (χ4n) is 11.4. The smallest absolute Gasteiger partial charge is 0.182 e. The normalized spacial score (nSPS) is 13.7. The predicted molar refractivity (Wildman–Crippen MR) is 483 cm³/mol. The molecule has 592 valence electrons. The van der Waals surface area contributed by atoms with E-state index in [1.165, 1.54) is 122 Å². The zero-order chi connectivity index (χ0) is 79.7. The molecule has 12 nitrogen and oxygen atoms in total. The third-order valence-corrected chi connectivity index (χ3v) is 18.9. The molecule has 0 spiro atoms. The maximum absolute atomic E-state index is 11.4. The highest BCUT2D eigenvalue weighted by atomic mass is 32.2. The van der Waals surface area contributed by atoms with Crippen LogP contribution in [-0.4, -0.2) is 78.9 Å². The van der Waals surface area contributed by atoms with Crippen LogP contribution < -0.4 is 52.6 Å². The summed E-state index contributed by atoms with van der Waals surface area (Å²) in [6.07, 6.45) is 11.7.